The van der Waals surface area contributed by atoms with E-state index >= 15 is 0 Å². The SMILES string of the molecule is CCCCC(CC)CNCC1(SC)CCCC1. The van der Waals surface area contributed by atoms with Crippen molar-refractivity contribution >= 4 is 11.8 Å². The van der Waals surface area contributed by atoms with Gasteiger partial charge in [-0.25, -0.2) is 0 Å². The fourth-order valence-corrected chi connectivity index (χ4v) is 3.86. The van der Waals surface area contributed by atoms with Gasteiger partial charge in [0.15, 0.2) is 0 Å². The highest BCUT2D eigenvalue weighted by Gasteiger charge is 2.32. The highest BCUT2D eigenvalue weighted by molar-refractivity contribution is 8.00. The first-order chi connectivity index (χ1) is 8.26. The topological polar surface area (TPSA) is 12.0 Å². The van der Waals surface area contributed by atoms with Crippen LogP contribution >= 0.6 is 11.8 Å². The molecular weight excluding hydrogens is 226 g/mol. The Bertz CT molecular complexity index is 187. The maximum atomic E-state index is 3.76. The van der Waals surface area contributed by atoms with Crippen molar-refractivity contribution in [1.82, 2.24) is 5.32 Å². The standard InChI is InChI=1S/C15H31NS/c1-4-6-9-14(5-2)12-16-13-15(17-3)10-7-8-11-15/h14,16H,4-13H2,1-3H3. The number of thioether (sulfide) groups is 1. The van der Waals surface area contributed by atoms with Gasteiger partial charge in [0.25, 0.3) is 0 Å². The van der Waals surface area contributed by atoms with Crippen LogP contribution in [0.4, 0.5) is 0 Å². The molecule has 1 saturated carbocycles. The van der Waals surface area contributed by atoms with Crippen LogP contribution < -0.4 is 5.32 Å². The van der Waals surface area contributed by atoms with E-state index in [2.05, 4.69) is 37.2 Å². The molecule has 0 aromatic heterocycles. The van der Waals surface area contributed by atoms with Crippen LogP contribution in [-0.4, -0.2) is 24.1 Å². The van der Waals surface area contributed by atoms with Gasteiger partial charge in [-0.05, 0) is 38.0 Å². The van der Waals surface area contributed by atoms with Gasteiger partial charge in [-0.3, -0.25) is 0 Å². The monoisotopic (exact) mass is 257 g/mol. The Morgan fingerprint density at radius 2 is 1.94 bits per heavy atom. The molecule has 1 aliphatic rings. The van der Waals surface area contributed by atoms with Crippen LogP contribution in [0.3, 0.4) is 0 Å². The zero-order valence-electron chi connectivity index (χ0n) is 12.1. The molecule has 0 aromatic rings. The van der Waals surface area contributed by atoms with E-state index in [0.717, 1.165) is 5.92 Å². The average molecular weight is 257 g/mol. The lowest BCUT2D eigenvalue weighted by Crippen LogP contribution is -2.37. The third-order valence-corrected chi connectivity index (χ3v) is 5.79. The van der Waals surface area contributed by atoms with Crippen molar-refractivity contribution in [3.05, 3.63) is 0 Å². The minimum Gasteiger partial charge on any atom is -0.315 e. The van der Waals surface area contributed by atoms with E-state index in [4.69, 9.17) is 0 Å². The average Bonchev–Trinajstić information content (AvgIpc) is 2.83. The van der Waals surface area contributed by atoms with Crippen LogP contribution in [0.5, 0.6) is 0 Å². The predicted molar refractivity (Wildman–Crippen MR) is 80.9 cm³/mol. The van der Waals surface area contributed by atoms with Crippen LogP contribution in [0.15, 0.2) is 0 Å². The van der Waals surface area contributed by atoms with E-state index in [1.165, 1.54) is 64.5 Å². The van der Waals surface area contributed by atoms with Crippen molar-refractivity contribution in [2.75, 3.05) is 19.3 Å². The minimum atomic E-state index is 0.572. The number of nitrogens with one attached hydrogen (secondary N) is 1. The predicted octanol–water partition coefficient (Wildman–Crippen LogP) is 4.47. The molecule has 0 bridgehead atoms. The molecule has 1 rings (SSSR count). The first-order valence-electron chi connectivity index (χ1n) is 7.52. The van der Waals surface area contributed by atoms with Crippen molar-refractivity contribution in [2.45, 2.75) is 70.0 Å². The Kier molecular flexibility index (Phi) is 7.61. The molecule has 1 N–H and O–H groups in total. The van der Waals surface area contributed by atoms with Gasteiger partial charge in [0.2, 0.25) is 0 Å². The molecule has 1 atom stereocenters. The molecule has 1 aliphatic carbocycles. The first kappa shape index (κ1) is 15.4. The smallest absolute Gasteiger partial charge is 0.0281 e. The molecule has 1 unspecified atom stereocenters. The number of rotatable bonds is 9. The minimum absolute atomic E-state index is 0.572. The van der Waals surface area contributed by atoms with Gasteiger partial charge in [-0.1, -0.05) is 46.0 Å². The van der Waals surface area contributed by atoms with Gasteiger partial charge in [-0.15, -0.1) is 0 Å². The third kappa shape index (κ3) is 5.21. The summed E-state index contributed by atoms with van der Waals surface area (Å²) in [6, 6.07) is 0. The maximum absolute atomic E-state index is 3.76. The Balaban J connectivity index is 2.20. The third-order valence-electron chi connectivity index (χ3n) is 4.37. The summed E-state index contributed by atoms with van der Waals surface area (Å²) in [7, 11) is 0. The molecular formula is C15H31NS. The largest absolute Gasteiger partial charge is 0.315 e. The molecule has 0 aliphatic heterocycles. The van der Waals surface area contributed by atoms with Gasteiger partial charge in [0, 0.05) is 11.3 Å². The molecule has 17 heavy (non-hydrogen) atoms. The molecule has 1 fully saturated rings. The highest BCUT2D eigenvalue weighted by Crippen LogP contribution is 2.39. The fraction of sp³-hybridized carbons (Fsp3) is 1.00. The second-order valence-electron chi connectivity index (χ2n) is 5.64. The van der Waals surface area contributed by atoms with Gasteiger partial charge in [-0.2, -0.15) is 11.8 Å². The molecule has 0 spiro atoms. The summed E-state index contributed by atoms with van der Waals surface area (Å²) in [6.07, 6.45) is 13.5. The van der Waals surface area contributed by atoms with Crippen LogP contribution in [-0.2, 0) is 0 Å². The van der Waals surface area contributed by atoms with Crippen molar-refractivity contribution in [3.8, 4) is 0 Å². The van der Waals surface area contributed by atoms with Gasteiger partial charge < -0.3 is 5.32 Å². The van der Waals surface area contributed by atoms with Crippen molar-refractivity contribution in [2.24, 2.45) is 5.92 Å². The lowest BCUT2D eigenvalue weighted by atomic mass is 9.99. The van der Waals surface area contributed by atoms with Crippen molar-refractivity contribution in [3.63, 3.8) is 0 Å². The van der Waals surface area contributed by atoms with Gasteiger partial charge in [0.1, 0.15) is 0 Å². The summed E-state index contributed by atoms with van der Waals surface area (Å²) < 4.78 is 0.572. The van der Waals surface area contributed by atoms with Crippen LogP contribution in [0.25, 0.3) is 0 Å². The lowest BCUT2D eigenvalue weighted by molar-refractivity contribution is 0.404. The highest BCUT2D eigenvalue weighted by atomic mass is 32.2. The molecule has 1 nitrogen and oxygen atoms in total. The fourth-order valence-electron chi connectivity index (χ4n) is 2.92. The second-order valence-corrected chi connectivity index (χ2v) is 6.92. The lowest BCUT2D eigenvalue weighted by Gasteiger charge is -2.28. The number of unbranched alkanes of at least 4 members (excludes halogenated alkanes) is 1. The Morgan fingerprint density at radius 1 is 1.24 bits per heavy atom. The van der Waals surface area contributed by atoms with Crippen molar-refractivity contribution < 1.29 is 0 Å². The summed E-state index contributed by atoms with van der Waals surface area (Å²) in [4.78, 5) is 0. The summed E-state index contributed by atoms with van der Waals surface area (Å²) in [5.41, 5.74) is 0. The van der Waals surface area contributed by atoms with E-state index in [1.54, 1.807) is 0 Å². The molecule has 2 heteroatoms. The molecule has 0 heterocycles. The van der Waals surface area contributed by atoms with E-state index in [0.29, 0.717) is 4.75 Å². The normalized spacial score (nSPS) is 20.6. The number of hydrogen-bond donors (Lipinski definition) is 1. The molecule has 0 amide bonds. The van der Waals surface area contributed by atoms with Crippen LogP contribution in [0.2, 0.25) is 0 Å². The zero-order valence-corrected chi connectivity index (χ0v) is 12.9. The quantitative estimate of drug-likeness (QED) is 0.654. The molecule has 0 aromatic carbocycles. The maximum Gasteiger partial charge on any atom is 0.0281 e. The first-order valence-corrected chi connectivity index (χ1v) is 8.74. The Hall–Kier alpha value is 0.310. The Labute approximate surface area is 113 Å². The van der Waals surface area contributed by atoms with Gasteiger partial charge in [0.05, 0.1) is 0 Å². The van der Waals surface area contributed by atoms with E-state index in [9.17, 15) is 0 Å². The molecule has 0 saturated heterocycles. The second kappa shape index (κ2) is 8.42. The summed E-state index contributed by atoms with van der Waals surface area (Å²) in [5, 5.41) is 3.76. The van der Waals surface area contributed by atoms with E-state index in [1.807, 2.05) is 0 Å². The Morgan fingerprint density at radius 3 is 2.47 bits per heavy atom. The molecule has 102 valence electrons. The van der Waals surface area contributed by atoms with Crippen LogP contribution in [0.1, 0.15) is 65.2 Å². The van der Waals surface area contributed by atoms with Crippen LogP contribution in [0, 0.1) is 5.92 Å². The van der Waals surface area contributed by atoms with E-state index < -0.39 is 0 Å². The number of hydrogen-bond acceptors (Lipinski definition) is 2. The molecule has 0 radical (unpaired) electrons. The van der Waals surface area contributed by atoms with Crippen molar-refractivity contribution in [1.29, 1.82) is 0 Å². The van der Waals surface area contributed by atoms with Gasteiger partial charge >= 0.3 is 0 Å². The summed E-state index contributed by atoms with van der Waals surface area (Å²) in [5.74, 6) is 0.898. The zero-order chi connectivity index (χ0) is 12.6. The summed E-state index contributed by atoms with van der Waals surface area (Å²) >= 11 is 2.09. The van der Waals surface area contributed by atoms with E-state index in [-0.39, 0.29) is 0 Å². The summed E-state index contributed by atoms with van der Waals surface area (Å²) in [6.45, 7) is 7.10.